The molecule has 1 amide bonds. The normalized spacial score (nSPS) is 17.8. The third kappa shape index (κ3) is 5.55. The highest BCUT2D eigenvalue weighted by molar-refractivity contribution is 7.91. The molecule has 1 aliphatic heterocycles. The Bertz CT molecular complexity index is 901. The van der Waals surface area contributed by atoms with Gasteiger partial charge in [-0.1, -0.05) is 6.07 Å². The van der Waals surface area contributed by atoms with Gasteiger partial charge in [0.15, 0.2) is 0 Å². The predicted molar refractivity (Wildman–Crippen MR) is 110 cm³/mol. The number of sulfonamides is 1. The number of piperidine rings is 1. The van der Waals surface area contributed by atoms with E-state index in [2.05, 4.69) is 0 Å². The number of hydrogen-bond donors (Lipinski definition) is 0. The Balaban J connectivity index is 1.48. The van der Waals surface area contributed by atoms with Crippen molar-refractivity contribution < 1.29 is 22.3 Å². The molecule has 1 fully saturated rings. The first-order valence-electron chi connectivity index (χ1n) is 9.55. The molecule has 0 bridgehead atoms. The van der Waals surface area contributed by atoms with Crippen LogP contribution in [-0.4, -0.2) is 56.8 Å². The molecule has 2 aromatic rings. The number of nitrogens with zero attached hydrogens (tertiary/aromatic N) is 2. The minimum absolute atomic E-state index is 0.0436. The summed E-state index contributed by atoms with van der Waals surface area (Å²) in [7, 11) is -1.80. The molecule has 9 heteroatoms. The van der Waals surface area contributed by atoms with Crippen LogP contribution in [0.2, 0.25) is 0 Å². The smallest absolute Gasteiger partial charge is 0.252 e. The zero-order chi connectivity index (χ0) is 20.9. The van der Waals surface area contributed by atoms with Crippen molar-refractivity contribution in [3.63, 3.8) is 0 Å². The molecule has 1 atom stereocenters. The van der Waals surface area contributed by atoms with Crippen LogP contribution in [0.5, 0.6) is 5.75 Å². The number of amides is 1. The molecular weight excluding hydrogens is 415 g/mol. The third-order valence-electron chi connectivity index (χ3n) is 4.92. The van der Waals surface area contributed by atoms with Gasteiger partial charge in [0.2, 0.25) is 5.91 Å². The van der Waals surface area contributed by atoms with Crippen LogP contribution in [0.3, 0.4) is 0 Å². The van der Waals surface area contributed by atoms with Crippen LogP contribution >= 0.6 is 11.3 Å². The summed E-state index contributed by atoms with van der Waals surface area (Å²) in [5, 5.41) is 1.74. The lowest BCUT2D eigenvalue weighted by Gasteiger charge is -2.33. The van der Waals surface area contributed by atoms with Gasteiger partial charge in [-0.25, -0.2) is 12.8 Å². The fourth-order valence-electron chi connectivity index (χ4n) is 3.34. The van der Waals surface area contributed by atoms with Crippen LogP contribution in [0.15, 0.2) is 46.0 Å². The van der Waals surface area contributed by atoms with E-state index in [0.29, 0.717) is 48.9 Å². The van der Waals surface area contributed by atoms with Crippen LogP contribution in [0.25, 0.3) is 0 Å². The molecule has 1 saturated heterocycles. The molecule has 0 N–H and O–H groups in total. The Morgan fingerprint density at radius 3 is 2.76 bits per heavy atom. The monoisotopic (exact) mass is 440 g/mol. The summed E-state index contributed by atoms with van der Waals surface area (Å²) in [6.07, 6.45) is 1.98. The van der Waals surface area contributed by atoms with Crippen molar-refractivity contribution in [2.75, 3.05) is 33.3 Å². The van der Waals surface area contributed by atoms with Crippen molar-refractivity contribution >= 4 is 27.3 Å². The van der Waals surface area contributed by atoms with E-state index in [1.54, 1.807) is 41.6 Å². The zero-order valence-electron chi connectivity index (χ0n) is 16.3. The molecule has 1 aromatic heterocycles. The van der Waals surface area contributed by atoms with Gasteiger partial charge < -0.3 is 9.64 Å². The summed E-state index contributed by atoms with van der Waals surface area (Å²) < 4.78 is 45.6. The molecular formula is C20H25FN2O4S2. The Kier molecular flexibility index (Phi) is 7.26. The molecule has 1 aliphatic rings. The van der Waals surface area contributed by atoms with E-state index in [-0.39, 0.29) is 24.2 Å². The molecule has 0 saturated carbocycles. The average molecular weight is 441 g/mol. The van der Waals surface area contributed by atoms with Gasteiger partial charge in [-0.3, -0.25) is 4.79 Å². The molecule has 2 heterocycles. The largest absolute Gasteiger partial charge is 0.494 e. The molecule has 0 radical (unpaired) electrons. The van der Waals surface area contributed by atoms with Crippen LogP contribution in [0.1, 0.15) is 19.3 Å². The number of halogens is 1. The van der Waals surface area contributed by atoms with Gasteiger partial charge in [-0.2, -0.15) is 4.31 Å². The Morgan fingerprint density at radius 1 is 1.31 bits per heavy atom. The number of carbonyl (C=O) groups excluding carboxylic acids is 1. The number of carbonyl (C=O) groups is 1. The van der Waals surface area contributed by atoms with Crippen LogP contribution in [0.4, 0.5) is 4.39 Å². The van der Waals surface area contributed by atoms with Gasteiger partial charge in [-0.15, -0.1) is 11.3 Å². The highest BCUT2D eigenvalue weighted by atomic mass is 32.2. The van der Waals surface area contributed by atoms with E-state index in [1.165, 1.54) is 27.8 Å². The quantitative estimate of drug-likeness (QED) is 0.591. The lowest BCUT2D eigenvalue weighted by atomic mass is 9.98. The van der Waals surface area contributed by atoms with Crippen molar-refractivity contribution in [3.05, 3.63) is 47.6 Å². The van der Waals surface area contributed by atoms with Crippen molar-refractivity contribution in [3.8, 4) is 5.75 Å². The van der Waals surface area contributed by atoms with E-state index >= 15 is 0 Å². The van der Waals surface area contributed by atoms with Crippen molar-refractivity contribution in [1.82, 2.24) is 9.21 Å². The van der Waals surface area contributed by atoms with Gasteiger partial charge >= 0.3 is 0 Å². The van der Waals surface area contributed by atoms with Crippen LogP contribution < -0.4 is 4.74 Å². The summed E-state index contributed by atoms with van der Waals surface area (Å²) in [6, 6.07) is 9.11. The Labute approximate surface area is 174 Å². The first-order chi connectivity index (χ1) is 13.9. The van der Waals surface area contributed by atoms with E-state index in [4.69, 9.17) is 4.74 Å². The molecule has 158 valence electrons. The maximum atomic E-state index is 12.9. The maximum Gasteiger partial charge on any atom is 0.252 e. The lowest BCUT2D eigenvalue weighted by Crippen LogP contribution is -2.45. The van der Waals surface area contributed by atoms with Gasteiger partial charge in [0, 0.05) is 26.7 Å². The van der Waals surface area contributed by atoms with E-state index in [1.807, 2.05) is 0 Å². The highest BCUT2D eigenvalue weighted by Crippen LogP contribution is 2.27. The van der Waals surface area contributed by atoms with Crippen LogP contribution in [0, 0.1) is 11.7 Å². The molecule has 0 aliphatic carbocycles. The van der Waals surface area contributed by atoms with Crippen molar-refractivity contribution in [1.29, 1.82) is 0 Å². The minimum Gasteiger partial charge on any atom is -0.494 e. The topological polar surface area (TPSA) is 66.9 Å². The second-order valence-electron chi connectivity index (χ2n) is 7.05. The number of rotatable bonds is 8. The molecule has 6 nitrogen and oxygen atoms in total. The summed E-state index contributed by atoms with van der Waals surface area (Å²) in [5.74, 6) is -0.105. The number of benzene rings is 1. The van der Waals surface area contributed by atoms with E-state index < -0.39 is 10.0 Å². The SMILES string of the molecule is CN(CCCOc1ccc(F)cc1)C(=O)C1CCCN(S(=O)(=O)c2cccs2)C1. The van der Waals surface area contributed by atoms with E-state index in [9.17, 15) is 17.6 Å². The first kappa shape index (κ1) is 21.7. The third-order valence-corrected chi connectivity index (χ3v) is 8.16. The maximum absolute atomic E-state index is 12.9. The second kappa shape index (κ2) is 9.69. The van der Waals surface area contributed by atoms with Crippen molar-refractivity contribution in [2.45, 2.75) is 23.5 Å². The fourth-order valence-corrected chi connectivity index (χ4v) is 6.01. The predicted octanol–water partition coefficient (Wildman–Crippen LogP) is 3.22. The fraction of sp³-hybridized carbons (Fsp3) is 0.450. The van der Waals surface area contributed by atoms with E-state index in [0.717, 1.165) is 0 Å². The number of ether oxygens (including phenoxy) is 1. The second-order valence-corrected chi connectivity index (χ2v) is 10.2. The molecule has 3 rings (SSSR count). The molecule has 1 aromatic carbocycles. The summed E-state index contributed by atoms with van der Waals surface area (Å²) in [5.41, 5.74) is 0. The first-order valence-corrected chi connectivity index (χ1v) is 11.9. The number of hydrogen-bond acceptors (Lipinski definition) is 5. The lowest BCUT2D eigenvalue weighted by molar-refractivity contribution is -0.135. The van der Waals surface area contributed by atoms with Gasteiger partial charge in [0.1, 0.15) is 15.8 Å². The molecule has 1 unspecified atom stereocenters. The minimum atomic E-state index is -3.53. The molecule has 29 heavy (non-hydrogen) atoms. The zero-order valence-corrected chi connectivity index (χ0v) is 17.9. The van der Waals surface area contributed by atoms with Gasteiger partial charge in [-0.05, 0) is 55.0 Å². The van der Waals surface area contributed by atoms with Gasteiger partial charge in [0.05, 0.1) is 12.5 Å². The highest BCUT2D eigenvalue weighted by Gasteiger charge is 2.34. The molecule has 0 spiro atoms. The average Bonchev–Trinajstić information content (AvgIpc) is 3.28. The Morgan fingerprint density at radius 2 is 2.07 bits per heavy atom. The van der Waals surface area contributed by atoms with Gasteiger partial charge in [0.25, 0.3) is 10.0 Å². The summed E-state index contributed by atoms with van der Waals surface area (Å²) in [4.78, 5) is 14.4. The summed E-state index contributed by atoms with van der Waals surface area (Å²) in [6.45, 7) is 1.58. The standard InChI is InChI=1S/C20H25FN2O4S2/c1-22(11-4-13-27-18-9-7-17(21)8-10-18)20(24)16-5-2-12-23(15-16)29(25,26)19-6-3-14-28-19/h3,6-10,14,16H,2,4-5,11-13,15H2,1H3. The van der Waals surface area contributed by atoms with Crippen molar-refractivity contribution in [2.24, 2.45) is 5.92 Å². The summed E-state index contributed by atoms with van der Waals surface area (Å²) >= 11 is 1.19. The van der Waals surface area contributed by atoms with Crippen LogP contribution in [-0.2, 0) is 14.8 Å². The Hall–Kier alpha value is -1.97. The number of thiophene rings is 1.